The van der Waals surface area contributed by atoms with Gasteiger partial charge in [0, 0.05) is 4.90 Å². The lowest BCUT2D eigenvalue weighted by molar-refractivity contribution is 0.326. The molecule has 106 valence electrons. The number of hydrogen-bond acceptors (Lipinski definition) is 4. The van der Waals surface area contributed by atoms with E-state index in [0.717, 1.165) is 9.92 Å². The molecule has 0 bridgehead atoms. The summed E-state index contributed by atoms with van der Waals surface area (Å²) in [6, 6.07) is 12.3. The molecule has 0 aliphatic rings. The topological polar surface area (TPSA) is 48.1 Å². The minimum absolute atomic E-state index is 0.510. The molecule has 2 N–H and O–H groups in total. The highest BCUT2D eigenvalue weighted by Crippen LogP contribution is 2.30. The minimum atomic E-state index is 0.510. The molecule has 2 aromatic rings. The van der Waals surface area contributed by atoms with Crippen molar-refractivity contribution in [1.82, 2.24) is 4.98 Å². The molecular formula is C16H20N2OS. The first kappa shape index (κ1) is 14.7. The number of aromatic nitrogens is 1. The molecule has 1 heterocycles. The van der Waals surface area contributed by atoms with Gasteiger partial charge in [-0.2, -0.15) is 0 Å². The molecule has 3 nitrogen and oxygen atoms in total. The summed E-state index contributed by atoms with van der Waals surface area (Å²) in [5.41, 5.74) is 7.74. The number of anilines is 1. The average Bonchev–Trinajstić information content (AvgIpc) is 2.43. The van der Waals surface area contributed by atoms with Gasteiger partial charge in [0.05, 0.1) is 12.3 Å². The van der Waals surface area contributed by atoms with E-state index in [1.165, 1.54) is 5.56 Å². The maximum Gasteiger partial charge on any atom is 0.238 e. The first-order valence-corrected chi connectivity index (χ1v) is 7.59. The second kappa shape index (κ2) is 6.66. The zero-order valence-corrected chi connectivity index (χ0v) is 12.9. The first-order chi connectivity index (χ1) is 9.60. The van der Waals surface area contributed by atoms with Crippen LogP contribution in [0.3, 0.4) is 0 Å². The second-order valence-electron chi connectivity index (χ2n) is 4.80. The van der Waals surface area contributed by atoms with Crippen LogP contribution >= 0.6 is 11.8 Å². The Balaban J connectivity index is 2.15. The van der Waals surface area contributed by atoms with Gasteiger partial charge in [0.1, 0.15) is 5.03 Å². The highest BCUT2D eigenvalue weighted by atomic mass is 32.2. The lowest BCUT2D eigenvalue weighted by atomic mass is 10.0. The fourth-order valence-corrected chi connectivity index (χ4v) is 2.56. The quantitative estimate of drug-likeness (QED) is 0.889. The van der Waals surface area contributed by atoms with Gasteiger partial charge in [-0.15, -0.1) is 0 Å². The number of hydrogen-bond donors (Lipinski definition) is 1. The van der Waals surface area contributed by atoms with Crippen LogP contribution in [0.4, 0.5) is 5.69 Å². The van der Waals surface area contributed by atoms with E-state index in [9.17, 15) is 0 Å². The van der Waals surface area contributed by atoms with Gasteiger partial charge in [-0.25, -0.2) is 4.98 Å². The van der Waals surface area contributed by atoms with Crippen LogP contribution in [0, 0.1) is 0 Å². The lowest BCUT2D eigenvalue weighted by Gasteiger charge is -2.09. The van der Waals surface area contributed by atoms with Crippen LogP contribution in [0.25, 0.3) is 0 Å². The summed E-state index contributed by atoms with van der Waals surface area (Å²) in [6.45, 7) is 6.87. The Kier molecular flexibility index (Phi) is 4.90. The van der Waals surface area contributed by atoms with Crippen molar-refractivity contribution in [2.75, 3.05) is 12.3 Å². The summed E-state index contributed by atoms with van der Waals surface area (Å²) in [5.74, 6) is 1.06. The van der Waals surface area contributed by atoms with Gasteiger partial charge >= 0.3 is 0 Å². The molecule has 0 saturated heterocycles. The zero-order valence-electron chi connectivity index (χ0n) is 12.1. The third kappa shape index (κ3) is 3.67. The molecule has 4 heteroatoms. The fourth-order valence-electron chi connectivity index (χ4n) is 1.78. The molecular weight excluding hydrogens is 268 g/mol. The van der Waals surface area contributed by atoms with Crippen molar-refractivity contribution in [2.24, 2.45) is 0 Å². The molecule has 0 unspecified atom stereocenters. The van der Waals surface area contributed by atoms with Gasteiger partial charge in [-0.3, -0.25) is 0 Å². The van der Waals surface area contributed by atoms with E-state index in [0.29, 0.717) is 24.1 Å². The highest BCUT2D eigenvalue weighted by Gasteiger charge is 2.06. The molecule has 20 heavy (non-hydrogen) atoms. The van der Waals surface area contributed by atoms with Crippen molar-refractivity contribution in [1.29, 1.82) is 0 Å². The van der Waals surface area contributed by atoms with Crippen molar-refractivity contribution in [2.45, 2.75) is 36.6 Å². The number of benzene rings is 1. The van der Waals surface area contributed by atoms with Crippen LogP contribution in [0.5, 0.6) is 5.88 Å². The van der Waals surface area contributed by atoms with E-state index in [2.05, 4.69) is 43.1 Å². The van der Waals surface area contributed by atoms with Crippen LogP contribution in [0.15, 0.2) is 46.3 Å². The Morgan fingerprint density at radius 3 is 2.45 bits per heavy atom. The van der Waals surface area contributed by atoms with Gasteiger partial charge in [-0.1, -0.05) is 37.7 Å². The minimum Gasteiger partial charge on any atom is -0.476 e. The number of nitrogens with zero attached hydrogens (tertiary/aromatic N) is 1. The van der Waals surface area contributed by atoms with Crippen molar-refractivity contribution in [3.63, 3.8) is 0 Å². The van der Waals surface area contributed by atoms with Crippen molar-refractivity contribution < 1.29 is 4.74 Å². The average molecular weight is 288 g/mol. The van der Waals surface area contributed by atoms with E-state index in [4.69, 9.17) is 10.5 Å². The summed E-state index contributed by atoms with van der Waals surface area (Å²) >= 11 is 1.61. The summed E-state index contributed by atoms with van der Waals surface area (Å²) in [6.07, 6.45) is 0. The van der Waals surface area contributed by atoms with Gasteiger partial charge in [0.15, 0.2) is 0 Å². The van der Waals surface area contributed by atoms with Crippen LogP contribution in [-0.2, 0) is 0 Å². The first-order valence-electron chi connectivity index (χ1n) is 6.77. The molecule has 0 spiro atoms. The zero-order chi connectivity index (χ0) is 14.5. The van der Waals surface area contributed by atoms with Crippen LogP contribution < -0.4 is 10.5 Å². The number of rotatable bonds is 5. The van der Waals surface area contributed by atoms with E-state index < -0.39 is 0 Å². The van der Waals surface area contributed by atoms with Crippen molar-refractivity contribution >= 4 is 17.4 Å². The maximum atomic E-state index is 5.83. The van der Waals surface area contributed by atoms with E-state index in [-0.39, 0.29) is 0 Å². The van der Waals surface area contributed by atoms with Crippen LogP contribution in [0.2, 0.25) is 0 Å². The number of nitrogens with two attached hydrogens (primary N) is 1. The molecule has 1 aromatic heterocycles. The van der Waals surface area contributed by atoms with Gasteiger partial charge in [-0.05, 0) is 42.7 Å². The largest absolute Gasteiger partial charge is 0.476 e. The number of nitrogen functional groups attached to an aromatic ring is 1. The third-order valence-electron chi connectivity index (χ3n) is 2.91. The standard InChI is InChI=1S/C16H20N2OS/c1-4-19-16-14(17)9-10-15(18-16)20-13-7-5-12(6-8-13)11(2)3/h5-11H,4,17H2,1-3H3. The molecule has 0 aliphatic carbocycles. The molecule has 0 atom stereocenters. The Morgan fingerprint density at radius 1 is 1.15 bits per heavy atom. The predicted octanol–water partition coefficient (Wildman–Crippen LogP) is 4.34. The molecule has 0 fully saturated rings. The SMILES string of the molecule is CCOc1nc(Sc2ccc(C(C)C)cc2)ccc1N. The number of ether oxygens (including phenoxy) is 1. The summed E-state index contributed by atoms with van der Waals surface area (Å²) in [5, 5.41) is 0.889. The Labute approximate surface area is 124 Å². The van der Waals surface area contributed by atoms with Gasteiger partial charge in [0.25, 0.3) is 0 Å². The van der Waals surface area contributed by atoms with E-state index >= 15 is 0 Å². The second-order valence-corrected chi connectivity index (χ2v) is 5.90. The summed E-state index contributed by atoms with van der Waals surface area (Å²) in [7, 11) is 0. The van der Waals surface area contributed by atoms with Crippen LogP contribution in [0.1, 0.15) is 32.3 Å². The Morgan fingerprint density at radius 2 is 1.85 bits per heavy atom. The highest BCUT2D eigenvalue weighted by molar-refractivity contribution is 7.99. The summed E-state index contributed by atoms with van der Waals surface area (Å²) < 4.78 is 5.42. The van der Waals surface area contributed by atoms with Crippen molar-refractivity contribution in [3.8, 4) is 5.88 Å². The Hall–Kier alpha value is -1.68. The Bertz CT molecular complexity index is 567. The van der Waals surface area contributed by atoms with Gasteiger partial charge in [0.2, 0.25) is 5.88 Å². The molecule has 0 radical (unpaired) electrons. The summed E-state index contributed by atoms with van der Waals surface area (Å²) in [4.78, 5) is 5.59. The molecule has 0 aliphatic heterocycles. The van der Waals surface area contributed by atoms with Gasteiger partial charge < -0.3 is 10.5 Å². The van der Waals surface area contributed by atoms with Crippen LogP contribution in [-0.4, -0.2) is 11.6 Å². The third-order valence-corrected chi connectivity index (χ3v) is 3.86. The predicted molar refractivity (Wildman–Crippen MR) is 84.5 cm³/mol. The lowest BCUT2D eigenvalue weighted by Crippen LogP contribution is -1.99. The number of pyridine rings is 1. The molecule has 0 saturated carbocycles. The molecule has 2 rings (SSSR count). The monoisotopic (exact) mass is 288 g/mol. The molecule has 0 amide bonds. The van der Waals surface area contributed by atoms with E-state index in [1.54, 1.807) is 11.8 Å². The normalized spacial score (nSPS) is 10.8. The molecule has 1 aromatic carbocycles. The maximum absolute atomic E-state index is 5.83. The van der Waals surface area contributed by atoms with Crippen molar-refractivity contribution in [3.05, 3.63) is 42.0 Å². The fraction of sp³-hybridized carbons (Fsp3) is 0.312. The van der Waals surface area contributed by atoms with E-state index in [1.807, 2.05) is 19.1 Å². The smallest absolute Gasteiger partial charge is 0.238 e.